The number of anilines is 1. The molecule has 0 fully saturated rings. The number of aromatic nitrogens is 3. The van der Waals surface area contributed by atoms with Crippen LogP contribution in [0.1, 0.15) is 30.5 Å². The van der Waals surface area contributed by atoms with Gasteiger partial charge in [0.1, 0.15) is 5.03 Å². The van der Waals surface area contributed by atoms with Gasteiger partial charge in [-0.2, -0.15) is 4.98 Å². The van der Waals surface area contributed by atoms with Crippen LogP contribution in [0.2, 0.25) is 0 Å². The molecule has 4 rings (SSSR count). The van der Waals surface area contributed by atoms with Gasteiger partial charge < -0.3 is 10.2 Å². The summed E-state index contributed by atoms with van der Waals surface area (Å²) in [7, 11) is 4.07. The Morgan fingerprint density at radius 2 is 2.03 bits per heavy atom. The number of rotatable bonds is 8. The van der Waals surface area contributed by atoms with Gasteiger partial charge in [0, 0.05) is 17.8 Å². The second-order valence-corrected chi connectivity index (χ2v) is 9.96. The highest BCUT2D eigenvalue weighted by Crippen LogP contribution is 2.29. The standard InChI is InChI=1S/C22H27N5O2S2/c1-26(2)12-7-13-27-17-10-5-3-8-15(17)20(25-22(27)29)30-14-19(28)24-21-23-16-9-4-6-11-18(16)31-21/h4,6,9,11H,3,5,7-8,10,12-14H2,1-2H3,(H,23,24,28). The van der Waals surface area contributed by atoms with E-state index in [1.54, 1.807) is 0 Å². The maximum atomic E-state index is 12.7. The van der Waals surface area contributed by atoms with Crippen molar-refractivity contribution < 1.29 is 4.79 Å². The molecule has 0 saturated carbocycles. The molecular weight excluding hydrogens is 430 g/mol. The van der Waals surface area contributed by atoms with Gasteiger partial charge in [-0.25, -0.2) is 9.78 Å². The second-order valence-electron chi connectivity index (χ2n) is 7.96. The van der Waals surface area contributed by atoms with Crippen LogP contribution in [-0.2, 0) is 24.2 Å². The number of nitrogens with zero attached hydrogens (tertiary/aromatic N) is 4. The molecular formula is C22H27N5O2S2. The normalized spacial score (nSPS) is 13.5. The number of amides is 1. The van der Waals surface area contributed by atoms with Crippen LogP contribution >= 0.6 is 23.1 Å². The first-order valence-corrected chi connectivity index (χ1v) is 12.4. The molecule has 7 nitrogen and oxygen atoms in total. The SMILES string of the molecule is CN(C)CCCn1c2c(c(SCC(=O)Nc3nc4ccccc4s3)nc1=O)CCCC2. The largest absolute Gasteiger partial charge is 0.348 e. The van der Waals surface area contributed by atoms with Crippen LogP contribution < -0.4 is 11.0 Å². The fourth-order valence-corrected chi connectivity index (χ4v) is 5.62. The lowest BCUT2D eigenvalue weighted by Crippen LogP contribution is -2.31. The Bertz CT molecular complexity index is 1110. The zero-order valence-electron chi connectivity index (χ0n) is 17.9. The van der Waals surface area contributed by atoms with Crippen molar-refractivity contribution in [2.75, 3.05) is 31.7 Å². The molecule has 1 aliphatic carbocycles. The number of para-hydroxylation sites is 1. The summed E-state index contributed by atoms with van der Waals surface area (Å²) in [5.41, 5.74) is 2.94. The molecule has 164 valence electrons. The van der Waals surface area contributed by atoms with Gasteiger partial charge in [0.15, 0.2) is 5.13 Å². The predicted molar refractivity (Wildman–Crippen MR) is 127 cm³/mol. The summed E-state index contributed by atoms with van der Waals surface area (Å²) in [5.74, 6) is 0.0741. The summed E-state index contributed by atoms with van der Waals surface area (Å²) in [6.45, 7) is 1.62. The van der Waals surface area contributed by atoms with E-state index in [-0.39, 0.29) is 17.3 Å². The summed E-state index contributed by atoms with van der Waals surface area (Å²) in [4.78, 5) is 36.2. The van der Waals surface area contributed by atoms with Crippen molar-refractivity contribution in [2.45, 2.75) is 43.7 Å². The topological polar surface area (TPSA) is 80.1 Å². The zero-order chi connectivity index (χ0) is 21.8. The minimum atomic E-state index is -0.200. The van der Waals surface area contributed by atoms with Gasteiger partial charge in [-0.1, -0.05) is 35.2 Å². The Morgan fingerprint density at radius 3 is 2.84 bits per heavy atom. The number of carbonyl (C=O) groups is 1. The van der Waals surface area contributed by atoms with E-state index >= 15 is 0 Å². The Morgan fingerprint density at radius 1 is 1.23 bits per heavy atom. The smallest absolute Gasteiger partial charge is 0.309 e. The highest BCUT2D eigenvalue weighted by atomic mass is 32.2. The minimum Gasteiger partial charge on any atom is -0.309 e. The molecule has 0 bridgehead atoms. The van der Waals surface area contributed by atoms with Gasteiger partial charge in [-0.3, -0.25) is 9.36 Å². The highest BCUT2D eigenvalue weighted by Gasteiger charge is 2.21. The van der Waals surface area contributed by atoms with E-state index in [1.165, 1.54) is 23.1 Å². The van der Waals surface area contributed by atoms with Gasteiger partial charge in [-0.05, 0) is 64.9 Å². The summed E-state index contributed by atoms with van der Waals surface area (Å²) >= 11 is 2.81. The molecule has 1 N–H and O–H groups in total. The van der Waals surface area contributed by atoms with Crippen molar-refractivity contribution >= 4 is 44.4 Å². The Labute approximate surface area is 189 Å². The van der Waals surface area contributed by atoms with Crippen molar-refractivity contribution in [3.05, 3.63) is 46.0 Å². The molecule has 0 saturated heterocycles. The molecule has 2 heterocycles. The van der Waals surface area contributed by atoms with Crippen molar-refractivity contribution in [2.24, 2.45) is 0 Å². The molecule has 1 aliphatic rings. The lowest BCUT2D eigenvalue weighted by atomic mass is 9.97. The van der Waals surface area contributed by atoms with Crippen LogP contribution in [0.5, 0.6) is 0 Å². The summed E-state index contributed by atoms with van der Waals surface area (Å²) in [5, 5.41) is 4.18. The van der Waals surface area contributed by atoms with Crippen LogP contribution in [-0.4, -0.2) is 51.7 Å². The molecule has 31 heavy (non-hydrogen) atoms. The summed E-state index contributed by atoms with van der Waals surface area (Å²) in [6, 6.07) is 7.81. The third kappa shape index (κ3) is 5.34. The van der Waals surface area contributed by atoms with Crippen LogP contribution in [0.3, 0.4) is 0 Å². The molecule has 0 radical (unpaired) electrons. The van der Waals surface area contributed by atoms with E-state index in [4.69, 9.17) is 0 Å². The molecule has 2 aromatic heterocycles. The van der Waals surface area contributed by atoms with Gasteiger partial charge in [0.2, 0.25) is 5.91 Å². The predicted octanol–water partition coefficient (Wildman–Crippen LogP) is 3.41. The third-order valence-corrected chi connectivity index (χ3v) is 7.29. The fourth-order valence-electron chi connectivity index (χ4n) is 3.86. The summed E-state index contributed by atoms with van der Waals surface area (Å²) in [6.07, 6.45) is 4.92. The monoisotopic (exact) mass is 457 g/mol. The number of carbonyl (C=O) groups excluding carboxylic acids is 1. The number of nitrogens with one attached hydrogen (secondary N) is 1. The van der Waals surface area contributed by atoms with Crippen molar-refractivity contribution in [1.82, 2.24) is 19.4 Å². The molecule has 0 unspecified atom stereocenters. The van der Waals surface area contributed by atoms with Crippen molar-refractivity contribution in [3.63, 3.8) is 0 Å². The van der Waals surface area contributed by atoms with Crippen LogP contribution in [0.4, 0.5) is 5.13 Å². The van der Waals surface area contributed by atoms with E-state index < -0.39 is 0 Å². The van der Waals surface area contributed by atoms with Gasteiger partial charge in [0.05, 0.1) is 16.0 Å². The third-order valence-electron chi connectivity index (χ3n) is 5.32. The van der Waals surface area contributed by atoms with E-state index in [9.17, 15) is 9.59 Å². The number of fused-ring (bicyclic) bond motifs is 2. The average molecular weight is 458 g/mol. The number of hydrogen-bond donors (Lipinski definition) is 1. The van der Waals surface area contributed by atoms with E-state index in [0.717, 1.165) is 60.1 Å². The summed E-state index contributed by atoms with van der Waals surface area (Å²) < 4.78 is 2.89. The first-order chi connectivity index (χ1) is 15.0. The van der Waals surface area contributed by atoms with E-state index in [2.05, 4.69) is 20.2 Å². The molecule has 0 spiro atoms. The Hall–Kier alpha value is -2.23. The van der Waals surface area contributed by atoms with Crippen molar-refractivity contribution in [1.29, 1.82) is 0 Å². The molecule has 3 aromatic rings. The number of hydrogen-bond acceptors (Lipinski definition) is 7. The molecule has 9 heteroatoms. The molecule has 0 atom stereocenters. The number of thiazole rings is 1. The zero-order valence-corrected chi connectivity index (χ0v) is 19.5. The Kier molecular flexibility index (Phi) is 7.04. The molecule has 0 aliphatic heterocycles. The van der Waals surface area contributed by atoms with Gasteiger partial charge in [-0.15, -0.1) is 0 Å². The van der Waals surface area contributed by atoms with Gasteiger partial charge in [0.25, 0.3) is 0 Å². The van der Waals surface area contributed by atoms with Crippen LogP contribution in [0.25, 0.3) is 10.2 Å². The first-order valence-electron chi connectivity index (χ1n) is 10.6. The maximum Gasteiger partial charge on any atom is 0.348 e. The first kappa shape index (κ1) is 22.0. The lowest BCUT2D eigenvalue weighted by molar-refractivity contribution is -0.113. The maximum absolute atomic E-state index is 12.7. The number of thioether (sulfide) groups is 1. The number of benzene rings is 1. The Balaban J connectivity index is 1.45. The van der Waals surface area contributed by atoms with E-state index in [1.807, 2.05) is 42.9 Å². The van der Waals surface area contributed by atoms with Crippen LogP contribution in [0, 0.1) is 0 Å². The average Bonchev–Trinajstić information content (AvgIpc) is 3.16. The quantitative estimate of drug-likeness (QED) is 0.412. The highest BCUT2D eigenvalue weighted by molar-refractivity contribution is 8.00. The van der Waals surface area contributed by atoms with Crippen molar-refractivity contribution in [3.8, 4) is 0 Å². The van der Waals surface area contributed by atoms with Gasteiger partial charge >= 0.3 is 5.69 Å². The van der Waals surface area contributed by atoms with Crippen LogP contribution in [0.15, 0.2) is 34.1 Å². The fraction of sp³-hybridized carbons (Fsp3) is 0.455. The molecule has 1 amide bonds. The lowest BCUT2D eigenvalue weighted by Gasteiger charge is -2.23. The van der Waals surface area contributed by atoms with E-state index in [0.29, 0.717) is 16.7 Å². The minimum absolute atomic E-state index is 0.134. The second kappa shape index (κ2) is 9.93. The molecule has 1 aromatic carbocycles.